The summed E-state index contributed by atoms with van der Waals surface area (Å²) < 4.78 is 44.2. The zero-order chi connectivity index (χ0) is 25.4. The van der Waals surface area contributed by atoms with Crippen molar-refractivity contribution < 1.29 is 38.0 Å². The van der Waals surface area contributed by atoms with Gasteiger partial charge >= 0.3 is 5.97 Å². The second-order valence-corrected chi connectivity index (χ2v) is 9.42. The Balaban J connectivity index is 1.19. The van der Waals surface area contributed by atoms with Crippen molar-refractivity contribution in [3.8, 4) is 28.9 Å². The van der Waals surface area contributed by atoms with Gasteiger partial charge in [0.1, 0.15) is 41.0 Å². The highest BCUT2D eigenvalue weighted by Crippen LogP contribution is 2.44. The fraction of sp³-hybridized carbons (Fsp3) is 0.357. The van der Waals surface area contributed by atoms with Crippen LogP contribution < -0.4 is 18.9 Å². The molecular formula is C28H26FNO7. The summed E-state index contributed by atoms with van der Waals surface area (Å²) in [5.41, 5.74) is 2.10. The third kappa shape index (κ3) is 4.91. The Bertz CT molecular complexity index is 1320. The van der Waals surface area contributed by atoms with Crippen molar-refractivity contribution in [2.45, 2.75) is 43.8 Å². The van der Waals surface area contributed by atoms with Gasteiger partial charge in [-0.05, 0) is 37.1 Å². The molecule has 0 spiro atoms. The van der Waals surface area contributed by atoms with Crippen molar-refractivity contribution in [1.29, 1.82) is 0 Å². The summed E-state index contributed by atoms with van der Waals surface area (Å²) in [4.78, 5) is 15.4. The predicted molar refractivity (Wildman–Crippen MR) is 129 cm³/mol. The Morgan fingerprint density at radius 1 is 1.08 bits per heavy atom. The molecule has 0 radical (unpaired) electrons. The molecule has 0 saturated carbocycles. The van der Waals surface area contributed by atoms with Gasteiger partial charge in [0.2, 0.25) is 5.88 Å². The minimum atomic E-state index is -0.864. The first-order valence-electron chi connectivity index (χ1n) is 12.4. The van der Waals surface area contributed by atoms with Crippen molar-refractivity contribution in [2.75, 3.05) is 19.8 Å². The number of aliphatic carboxylic acids is 1. The second kappa shape index (κ2) is 9.89. The number of fused-ring (bicyclic) bond motifs is 2. The standard InChI is InChI=1S/C28H26FNO7/c29-22-4-6-23(35-18-7-9-30-26(13-18)37-19-8-10-33-15-19)21-3-5-24(28(21)22)36-17-1-2-20-16(11-27(31)32)14-34-25(20)12-17/h1-2,4,6-7,9,12-13,16,19,24H,3,5,8,10-11,14-15H2,(H,31,32)/t16?,19?,24-/m1/s1. The smallest absolute Gasteiger partial charge is 0.304 e. The van der Waals surface area contributed by atoms with Crippen LogP contribution >= 0.6 is 0 Å². The van der Waals surface area contributed by atoms with E-state index in [1.807, 2.05) is 6.07 Å². The van der Waals surface area contributed by atoms with Gasteiger partial charge in [0.15, 0.2) is 0 Å². The minimum absolute atomic E-state index is 0.0112. The molecule has 1 fully saturated rings. The van der Waals surface area contributed by atoms with E-state index in [0.717, 1.165) is 17.5 Å². The molecule has 1 saturated heterocycles. The van der Waals surface area contributed by atoms with Crippen molar-refractivity contribution in [1.82, 2.24) is 4.98 Å². The Hall–Kier alpha value is -3.85. The molecule has 37 heavy (non-hydrogen) atoms. The number of hydrogen-bond acceptors (Lipinski definition) is 7. The van der Waals surface area contributed by atoms with Gasteiger partial charge in [0, 0.05) is 47.4 Å². The van der Waals surface area contributed by atoms with E-state index in [1.165, 1.54) is 6.07 Å². The lowest BCUT2D eigenvalue weighted by Gasteiger charge is -2.17. The summed E-state index contributed by atoms with van der Waals surface area (Å²) in [6, 6.07) is 11.9. The molecular weight excluding hydrogens is 481 g/mol. The molecule has 8 nitrogen and oxygen atoms in total. The molecule has 1 aliphatic carbocycles. The lowest BCUT2D eigenvalue weighted by molar-refractivity contribution is -0.137. The van der Waals surface area contributed by atoms with Gasteiger partial charge in [0.05, 0.1) is 26.2 Å². The quantitative estimate of drug-likeness (QED) is 0.445. The second-order valence-electron chi connectivity index (χ2n) is 9.42. The summed E-state index contributed by atoms with van der Waals surface area (Å²) in [5.74, 6) is 1.34. The summed E-state index contributed by atoms with van der Waals surface area (Å²) >= 11 is 0. The zero-order valence-corrected chi connectivity index (χ0v) is 20.0. The number of ether oxygens (including phenoxy) is 5. The van der Waals surface area contributed by atoms with Crippen LogP contribution in [0.1, 0.15) is 48.0 Å². The first-order valence-corrected chi connectivity index (χ1v) is 12.4. The lowest BCUT2D eigenvalue weighted by atomic mass is 9.98. The van der Waals surface area contributed by atoms with E-state index in [4.69, 9.17) is 28.8 Å². The average molecular weight is 508 g/mol. The van der Waals surface area contributed by atoms with E-state index in [1.54, 1.807) is 36.5 Å². The lowest BCUT2D eigenvalue weighted by Crippen LogP contribution is -2.16. The first kappa shape index (κ1) is 23.5. The molecule has 9 heteroatoms. The summed E-state index contributed by atoms with van der Waals surface area (Å²) in [7, 11) is 0. The maximum Gasteiger partial charge on any atom is 0.304 e. The van der Waals surface area contributed by atoms with E-state index in [2.05, 4.69) is 4.98 Å². The topological polar surface area (TPSA) is 96.3 Å². The van der Waals surface area contributed by atoms with Gasteiger partial charge in [-0.1, -0.05) is 6.07 Å². The van der Waals surface area contributed by atoms with E-state index in [0.29, 0.717) is 67.1 Å². The highest BCUT2D eigenvalue weighted by Gasteiger charge is 2.32. The van der Waals surface area contributed by atoms with Crippen molar-refractivity contribution >= 4 is 5.97 Å². The molecule has 3 atom stereocenters. The average Bonchev–Trinajstić information content (AvgIpc) is 3.63. The van der Waals surface area contributed by atoms with Crippen molar-refractivity contribution in [3.05, 3.63) is 71.2 Å². The molecule has 1 N–H and O–H groups in total. The van der Waals surface area contributed by atoms with E-state index in [-0.39, 0.29) is 24.3 Å². The van der Waals surface area contributed by atoms with Gasteiger partial charge in [-0.15, -0.1) is 0 Å². The number of benzene rings is 2. The number of carbonyl (C=O) groups is 1. The Labute approximate surface area is 212 Å². The SMILES string of the molecule is O=C(O)CC1COc2cc(O[C@@H]3CCc4c(Oc5ccnc(OC6CCOC6)c5)ccc(F)c43)ccc21. The van der Waals surface area contributed by atoms with Crippen LogP contribution in [0.5, 0.6) is 28.9 Å². The largest absolute Gasteiger partial charge is 0.492 e. The van der Waals surface area contributed by atoms with Crippen LogP contribution in [0, 0.1) is 5.82 Å². The molecule has 3 aliphatic rings. The van der Waals surface area contributed by atoms with Gasteiger partial charge in [-0.25, -0.2) is 9.37 Å². The van der Waals surface area contributed by atoms with Crippen LogP contribution in [0.3, 0.4) is 0 Å². The molecule has 2 aliphatic heterocycles. The number of carboxylic acids is 1. The molecule has 192 valence electrons. The van der Waals surface area contributed by atoms with E-state index >= 15 is 0 Å². The Morgan fingerprint density at radius 3 is 2.84 bits per heavy atom. The number of hydrogen-bond donors (Lipinski definition) is 1. The van der Waals surface area contributed by atoms with Gasteiger partial charge in [-0.2, -0.15) is 0 Å². The normalized spacial score (nSPS) is 21.7. The van der Waals surface area contributed by atoms with E-state index < -0.39 is 12.1 Å². The van der Waals surface area contributed by atoms with Crippen LogP contribution in [0.2, 0.25) is 0 Å². The minimum Gasteiger partial charge on any atom is -0.492 e. The highest BCUT2D eigenvalue weighted by atomic mass is 19.1. The number of halogens is 1. The molecule has 0 bridgehead atoms. The number of rotatable bonds is 8. The number of aromatic nitrogens is 1. The van der Waals surface area contributed by atoms with Gasteiger partial charge in [-0.3, -0.25) is 4.79 Å². The molecule has 3 heterocycles. The van der Waals surface area contributed by atoms with Crippen LogP contribution in [0.15, 0.2) is 48.7 Å². The molecule has 2 unspecified atom stereocenters. The Kier molecular flexibility index (Phi) is 6.30. The maximum absolute atomic E-state index is 15.0. The number of carboxylic acid groups (broad SMARTS) is 1. The summed E-state index contributed by atoms with van der Waals surface area (Å²) in [5, 5.41) is 9.11. The molecule has 1 aromatic heterocycles. The highest BCUT2D eigenvalue weighted by molar-refractivity contribution is 5.68. The molecule has 2 aromatic carbocycles. The number of nitrogens with zero attached hydrogens (tertiary/aromatic N) is 1. The third-order valence-electron chi connectivity index (χ3n) is 6.91. The fourth-order valence-corrected chi connectivity index (χ4v) is 5.15. The van der Waals surface area contributed by atoms with E-state index in [9.17, 15) is 9.18 Å². The van der Waals surface area contributed by atoms with Crippen LogP contribution in [0.4, 0.5) is 4.39 Å². The molecule has 6 rings (SSSR count). The maximum atomic E-state index is 15.0. The van der Waals surface area contributed by atoms with Gasteiger partial charge < -0.3 is 28.8 Å². The summed E-state index contributed by atoms with van der Waals surface area (Å²) in [6.45, 7) is 1.54. The van der Waals surface area contributed by atoms with Crippen molar-refractivity contribution in [2.24, 2.45) is 0 Å². The van der Waals surface area contributed by atoms with Crippen LogP contribution in [-0.2, 0) is 16.0 Å². The number of pyridine rings is 1. The predicted octanol–water partition coefficient (Wildman–Crippen LogP) is 5.20. The van der Waals surface area contributed by atoms with Crippen molar-refractivity contribution in [3.63, 3.8) is 0 Å². The summed E-state index contributed by atoms with van der Waals surface area (Å²) in [6.07, 6.45) is 3.14. The van der Waals surface area contributed by atoms with Crippen LogP contribution in [0.25, 0.3) is 0 Å². The van der Waals surface area contributed by atoms with Crippen LogP contribution in [-0.4, -0.2) is 42.0 Å². The zero-order valence-electron chi connectivity index (χ0n) is 20.0. The molecule has 3 aromatic rings. The third-order valence-corrected chi connectivity index (χ3v) is 6.91. The monoisotopic (exact) mass is 507 g/mol. The fourth-order valence-electron chi connectivity index (χ4n) is 5.15. The first-order chi connectivity index (χ1) is 18.0. The van der Waals surface area contributed by atoms with Gasteiger partial charge in [0.25, 0.3) is 0 Å². The molecule has 0 amide bonds. The Morgan fingerprint density at radius 2 is 2.00 bits per heavy atom.